The van der Waals surface area contributed by atoms with E-state index in [0.717, 1.165) is 0 Å². The summed E-state index contributed by atoms with van der Waals surface area (Å²) < 4.78 is 0. The quantitative estimate of drug-likeness (QED) is 0.107. The molecule has 4 unspecified atom stereocenters. The fraction of sp³-hybridized carbons (Fsp3) is 0.647. The summed E-state index contributed by atoms with van der Waals surface area (Å²) >= 11 is 1.35. The third-order valence-corrected chi connectivity index (χ3v) is 4.73. The largest absolute Gasteiger partial charge is 0.481 e. The summed E-state index contributed by atoms with van der Waals surface area (Å²) in [6, 6.07) is -5.64. The van der Waals surface area contributed by atoms with Gasteiger partial charge in [0.1, 0.15) is 18.1 Å². The number of hydrogen-bond donors (Lipinski definition) is 8. The predicted octanol–water partition coefficient (Wildman–Crippen LogP) is -3.66. The number of thioether (sulfide) groups is 1. The van der Waals surface area contributed by atoms with Crippen LogP contribution in [0.4, 0.5) is 0 Å². The van der Waals surface area contributed by atoms with E-state index in [1.165, 1.54) is 11.8 Å². The SMILES string of the molecule is CSCCC(NC(=O)C(CO)NC(=O)C(N)CC(=O)O)C(=O)NC(CCC(N)=O)C(=O)O. The van der Waals surface area contributed by atoms with Gasteiger partial charge in [-0.2, -0.15) is 11.8 Å². The second-order valence-electron chi connectivity index (χ2n) is 6.70. The van der Waals surface area contributed by atoms with Gasteiger partial charge in [0.25, 0.3) is 0 Å². The van der Waals surface area contributed by atoms with Gasteiger partial charge in [0.2, 0.25) is 23.6 Å². The van der Waals surface area contributed by atoms with Gasteiger partial charge < -0.3 is 42.7 Å². The van der Waals surface area contributed by atoms with Crippen LogP contribution in [-0.2, 0) is 28.8 Å². The number of aliphatic hydroxyl groups is 1. The Balaban J connectivity index is 5.23. The molecule has 32 heavy (non-hydrogen) atoms. The number of carbonyl (C=O) groups excluding carboxylic acids is 4. The third-order valence-electron chi connectivity index (χ3n) is 4.08. The van der Waals surface area contributed by atoms with Crippen molar-refractivity contribution in [3.63, 3.8) is 0 Å². The minimum atomic E-state index is -1.53. The molecule has 0 saturated heterocycles. The highest BCUT2D eigenvalue weighted by Crippen LogP contribution is 2.05. The average Bonchev–Trinajstić information content (AvgIpc) is 2.70. The molecular formula is C17H29N5O9S. The van der Waals surface area contributed by atoms with E-state index in [2.05, 4.69) is 16.0 Å². The highest BCUT2D eigenvalue weighted by Gasteiger charge is 2.30. The van der Waals surface area contributed by atoms with E-state index in [9.17, 15) is 39.0 Å². The van der Waals surface area contributed by atoms with Crippen LogP contribution in [0.3, 0.4) is 0 Å². The summed E-state index contributed by atoms with van der Waals surface area (Å²) in [6.45, 7) is -0.870. The van der Waals surface area contributed by atoms with Crippen LogP contribution < -0.4 is 27.4 Å². The molecule has 0 rings (SSSR count). The summed E-state index contributed by atoms with van der Waals surface area (Å²) in [5.74, 6) is -5.90. The minimum Gasteiger partial charge on any atom is -0.481 e. The number of primary amides is 1. The Labute approximate surface area is 187 Å². The number of carbonyl (C=O) groups is 6. The molecule has 15 heteroatoms. The molecule has 0 aliphatic rings. The molecule has 0 bridgehead atoms. The van der Waals surface area contributed by atoms with E-state index in [1.807, 2.05) is 0 Å². The standard InChI is InChI=1S/C17H29N5O9S/c1-32-5-4-9(15(28)21-10(17(30)31)2-3-12(19)24)20-16(29)11(7-23)22-14(27)8(18)6-13(25)26/h8-11,23H,2-7,18H2,1H3,(H2,19,24)(H,20,29)(H,21,28)(H,22,27)(H,25,26)(H,30,31). The van der Waals surface area contributed by atoms with Crippen molar-refractivity contribution in [3.05, 3.63) is 0 Å². The van der Waals surface area contributed by atoms with Gasteiger partial charge in [-0.15, -0.1) is 0 Å². The Kier molecular flexibility index (Phi) is 13.6. The van der Waals surface area contributed by atoms with Crippen molar-refractivity contribution in [1.29, 1.82) is 0 Å². The van der Waals surface area contributed by atoms with Crippen molar-refractivity contribution in [3.8, 4) is 0 Å². The van der Waals surface area contributed by atoms with Crippen LogP contribution in [0, 0.1) is 0 Å². The molecule has 0 aromatic heterocycles. The number of rotatable bonds is 16. The van der Waals surface area contributed by atoms with Gasteiger partial charge in [0, 0.05) is 6.42 Å². The number of aliphatic hydroxyl groups excluding tert-OH is 1. The lowest BCUT2D eigenvalue weighted by molar-refractivity contribution is -0.142. The highest BCUT2D eigenvalue weighted by atomic mass is 32.2. The molecule has 4 amide bonds. The lowest BCUT2D eigenvalue weighted by atomic mass is 10.1. The molecule has 0 heterocycles. The van der Waals surface area contributed by atoms with E-state index in [-0.39, 0.29) is 19.3 Å². The number of carboxylic acid groups (broad SMARTS) is 2. The first-order valence-corrected chi connectivity index (χ1v) is 10.8. The summed E-state index contributed by atoms with van der Waals surface area (Å²) in [4.78, 5) is 69.8. The Bertz CT molecular complexity index is 706. The van der Waals surface area contributed by atoms with Gasteiger partial charge in [-0.25, -0.2) is 4.79 Å². The van der Waals surface area contributed by atoms with E-state index in [0.29, 0.717) is 5.75 Å². The topological polar surface area (TPSA) is 251 Å². The van der Waals surface area contributed by atoms with Crippen LogP contribution in [-0.4, -0.2) is 93.7 Å². The number of aliphatic carboxylic acids is 2. The first-order valence-electron chi connectivity index (χ1n) is 9.42. The summed E-state index contributed by atoms with van der Waals surface area (Å²) in [5, 5.41) is 33.9. The van der Waals surface area contributed by atoms with Gasteiger partial charge in [-0.05, 0) is 24.9 Å². The number of hydrogen-bond acceptors (Lipinski definition) is 9. The van der Waals surface area contributed by atoms with Crippen molar-refractivity contribution >= 4 is 47.3 Å². The fourth-order valence-corrected chi connectivity index (χ4v) is 2.82. The smallest absolute Gasteiger partial charge is 0.326 e. The number of amides is 4. The van der Waals surface area contributed by atoms with Crippen LogP contribution in [0.15, 0.2) is 0 Å². The number of carboxylic acids is 2. The maximum atomic E-state index is 12.6. The van der Waals surface area contributed by atoms with Gasteiger partial charge in [-0.3, -0.25) is 24.0 Å². The van der Waals surface area contributed by atoms with Crippen molar-refractivity contribution in [1.82, 2.24) is 16.0 Å². The van der Waals surface area contributed by atoms with Gasteiger partial charge in [-0.1, -0.05) is 0 Å². The molecule has 0 spiro atoms. The summed E-state index contributed by atoms with van der Waals surface area (Å²) in [6.07, 6.45) is 0.590. The molecule has 0 radical (unpaired) electrons. The molecule has 182 valence electrons. The van der Waals surface area contributed by atoms with Crippen molar-refractivity contribution in [2.45, 2.75) is 49.9 Å². The molecule has 0 aromatic rings. The zero-order valence-corrected chi connectivity index (χ0v) is 18.2. The van der Waals surface area contributed by atoms with Crippen LogP contribution >= 0.6 is 11.8 Å². The Morgan fingerprint density at radius 3 is 1.88 bits per heavy atom. The van der Waals surface area contributed by atoms with Gasteiger partial charge >= 0.3 is 11.9 Å². The molecular weight excluding hydrogens is 450 g/mol. The fourth-order valence-electron chi connectivity index (χ4n) is 2.35. The highest BCUT2D eigenvalue weighted by molar-refractivity contribution is 7.98. The monoisotopic (exact) mass is 479 g/mol. The lowest BCUT2D eigenvalue weighted by Crippen LogP contribution is -2.58. The summed E-state index contributed by atoms with van der Waals surface area (Å²) in [5.41, 5.74) is 10.4. The van der Waals surface area contributed by atoms with Gasteiger partial charge in [0.15, 0.2) is 0 Å². The van der Waals surface area contributed by atoms with Gasteiger partial charge in [0.05, 0.1) is 19.1 Å². The van der Waals surface area contributed by atoms with E-state index >= 15 is 0 Å². The van der Waals surface area contributed by atoms with E-state index < -0.39 is 72.8 Å². The predicted molar refractivity (Wildman–Crippen MR) is 112 cm³/mol. The average molecular weight is 480 g/mol. The van der Waals surface area contributed by atoms with Crippen molar-refractivity contribution in [2.24, 2.45) is 11.5 Å². The van der Waals surface area contributed by atoms with Crippen LogP contribution in [0.2, 0.25) is 0 Å². The molecule has 0 aliphatic heterocycles. The maximum absolute atomic E-state index is 12.6. The van der Waals surface area contributed by atoms with E-state index in [4.69, 9.17) is 16.6 Å². The Morgan fingerprint density at radius 2 is 1.41 bits per heavy atom. The van der Waals surface area contributed by atoms with Crippen LogP contribution in [0.1, 0.15) is 25.7 Å². The molecule has 0 aromatic carbocycles. The maximum Gasteiger partial charge on any atom is 0.326 e. The summed E-state index contributed by atoms with van der Waals surface area (Å²) in [7, 11) is 0. The van der Waals surface area contributed by atoms with Crippen LogP contribution in [0.5, 0.6) is 0 Å². The first kappa shape index (κ1) is 29.1. The molecule has 0 fully saturated rings. The third kappa shape index (κ3) is 11.5. The van der Waals surface area contributed by atoms with Crippen LogP contribution in [0.25, 0.3) is 0 Å². The number of nitrogens with two attached hydrogens (primary N) is 2. The zero-order chi connectivity index (χ0) is 24.8. The molecule has 14 nitrogen and oxygen atoms in total. The van der Waals surface area contributed by atoms with Crippen molar-refractivity contribution in [2.75, 3.05) is 18.6 Å². The number of nitrogens with one attached hydrogen (secondary N) is 3. The second-order valence-corrected chi connectivity index (χ2v) is 7.68. The lowest BCUT2D eigenvalue weighted by Gasteiger charge is -2.24. The minimum absolute atomic E-state index is 0.0888. The Morgan fingerprint density at radius 1 is 0.875 bits per heavy atom. The molecule has 0 saturated carbocycles. The van der Waals surface area contributed by atoms with E-state index in [1.54, 1.807) is 6.26 Å². The molecule has 4 atom stereocenters. The second kappa shape index (κ2) is 15.0. The molecule has 10 N–H and O–H groups in total. The normalized spacial score (nSPS) is 14.3. The van der Waals surface area contributed by atoms with Crippen molar-refractivity contribution < 1.29 is 44.1 Å². The Hall–Kier alpha value is -2.91. The first-order chi connectivity index (χ1) is 14.9. The zero-order valence-electron chi connectivity index (χ0n) is 17.4. The molecule has 0 aliphatic carbocycles.